The van der Waals surface area contributed by atoms with Crippen LogP contribution >= 0.6 is 24.0 Å². The van der Waals surface area contributed by atoms with Crippen molar-refractivity contribution in [3.63, 3.8) is 0 Å². The van der Waals surface area contributed by atoms with Crippen LogP contribution in [0.25, 0.3) is 0 Å². The van der Waals surface area contributed by atoms with Crippen molar-refractivity contribution in [2.24, 2.45) is 4.99 Å². The molecule has 23 heavy (non-hydrogen) atoms. The minimum absolute atomic E-state index is 0. The number of nitrogens with one attached hydrogen (secondary N) is 2. The number of nitrogens with zero attached hydrogens (tertiary/aromatic N) is 1. The molecule has 0 saturated carbocycles. The molecule has 0 aliphatic heterocycles. The van der Waals surface area contributed by atoms with Crippen LogP contribution in [-0.4, -0.2) is 26.2 Å². The molecule has 2 aromatic carbocycles. The van der Waals surface area contributed by atoms with E-state index >= 15 is 0 Å². The Kier molecular flexibility index (Phi) is 9.31. The number of para-hydroxylation sites is 1. The molecule has 0 heterocycles. The molecule has 0 atom stereocenters. The number of anilines is 1. The Morgan fingerprint density at radius 1 is 1.04 bits per heavy atom. The van der Waals surface area contributed by atoms with Gasteiger partial charge in [0.25, 0.3) is 0 Å². The lowest BCUT2D eigenvalue weighted by Gasteiger charge is -2.12. The van der Waals surface area contributed by atoms with Crippen LogP contribution < -0.4 is 10.6 Å². The topological polar surface area (TPSA) is 45.6 Å². The predicted octanol–water partition coefficient (Wildman–Crippen LogP) is 3.82. The largest absolute Gasteiger partial charge is 0.383 e. The molecule has 0 amide bonds. The molecule has 0 spiro atoms. The third kappa shape index (κ3) is 7.47. The van der Waals surface area contributed by atoms with Crippen molar-refractivity contribution in [2.45, 2.75) is 13.5 Å². The van der Waals surface area contributed by atoms with Crippen molar-refractivity contribution in [1.82, 2.24) is 5.32 Å². The summed E-state index contributed by atoms with van der Waals surface area (Å²) < 4.78 is 5.07. The maximum Gasteiger partial charge on any atom is 0.196 e. The summed E-state index contributed by atoms with van der Waals surface area (Å²) in [6, 6.07) is 18.4. The van der Waals surface area contributed by atoms with Gasteiger partial charge >= 0.3 is 0 Å². The zero-order valence-corrected chi connectivity index (χ0v) is 15.9. The van der Waals surface area contributed by atoms with Gasteiger partial charge < -0.3 is 15.4 Å². The lowest BCUT2D eigenvalue weighted by Crippen LogP contribution is -2.33. The van der Waals surface area contributed by atoms with Crippen LogP contribution in [0.15, 0.2) is 59.6 Å². The average Bonchev–Trinajstić information content (AvgIpc) is 2.55. The molecule has 4 nitrogen and oxygen atoms in total. The molecule has 0 aromatic heterocycles. The maximum atomic E-state index is 5.07. The summed E-state index contributed by atoms with van der Waals surface area (Å²) in [7, 11) is 1.69. The van der Waals surface area contributed by atoms with E-state index in [0.717, 1.165) is 11.6 Å². The van der Waals surface area contributed by atoms with Gasteiger partial charge in [-0.3, -0.25) is 0 Å². The molecule has 0 fully saturated rings. The number of halogens is 1. The van der Waals surface area contributed by atoms with Gasteiger partial charge in [-0.05, 0) is 24.6 Å². The number of hydrogen-bond donors (Lipinski definition) is 2. The molecule has 0 aliphatic rings. The summed E-state index contributed by atoms with van der Waals surface area (Å²) >= 11 is 0. The van der Waals surface area contributed by atoms with Crippen LogP contribution in [0.3, 0.4) is 0 Å². The van der Waals surface area contributed by atoms with Gasteiger partial charge in [-0.25, -0.2) is 4.99 Å². The zero-order chi connectivity index (χ0) is 15.6. The minimum Gasteiger partial charge on any atom is -0.383 e. The molecule has 2 rings (SSSR count). The van der Waals surface area contributed by atoms with Gasteiger partial charge in [-0.15, -0.1) is 24.0 Å². The molecular formula is C18H24IN3O. The van der Waals surface area contributed by atoms with E-state index in [9.17, 15) is 0 Å². The fraction of sp³-hybridized carbons (Fsp3) is 0.278. The summed E-state index contributed by atoms with van der Waals surface area (Å²) in [5, 5.41) is 6.57. The molecule has 124 valence electrons. The molecule has 2 aromatic rings. The van der Waals surface area contributed by atoms with E-state index in [1.165, 1.54) is 11.1 Å². The van der Waals surface area contributed by atoms with E-state index in [4.69, 9.17) is 4.74 Å². The van der Waals surface area contributed by atoms with Crippen molar-refractivity contribution < 1.29 is 4.74 Å². The van der Waals surface area contributed by atoms with Crippen molar-refractivity contribution in [3.8, 4) is 0 Å². The van der Waals surface area contributed by atoms with Gasteiger partial charge in [0.1, 0.15) is 0 Å². The second kappa shape index (κ2) is 11.0. The maximum absolute atomic E-state index is 5.07. The van der Waals surface area contributed by atoms with Crippen molar-refractivity contribution in [3.05, 3.63) is 65.7 Å². The van der Waals surface area contributed by atoms with Crippen LogP contribution in [-0.2, 0) is 11.3 Å². The summed E-state index contributed by atoms with van der Waals surface area (Å²) in [5.41, 5.74) is 3.45. The summed E-state index contributed by atoms with van der Waals surface area (Å²) in [5.74, 6) is 0.754. The van der Waals surface area contributed by atoms with E-state index in [1.807, 2.05) is 30.3 Å². The van der Waals surface area contributed by atoms with Crippen LogP contribution in [0.4, 0.5) is 5.69 Å². The smallest absolute Gasteiger partial charge is 0.196 e. The Morgan fingerprint density at radius 2 is 1.74 bits per heavy atom. The van der Waals surface area contributed by atoms with Gasteiger partial charge in [-0.2, -0.15) is 0 Å². The van der Waals surface area contributed by atoms with Gasteiger partial charge in [-0.1, -0.05) is 48.0 Å². The Balaban J connectivity index is 0.00000264. The number of guanidine groups is 1. The third-order valence-corrected chi connectivity index (χ3v) is 3.18. The SMILES string of the molecule is COCCNC(=NCc1ccc(C)cc1)Nc1ccccc1.I. The molecule has 0 aliphatic carbocycles. The number of hydrogen-bond acceptors (Lipinski definition) is 2. The molecule has 2 N–H and O–H groups in total. The first-order valence-corrected chi connectivity index (χ1v) is 7.43. The van der Waals surface area contributed by atoms with E-state index in [1.54, 1.807) is 7.11 Å². The monoisotopic (exact) mass is 425 g/mol. The number of methoxy groups -OCH3 is 1. The van der Waals surface area contributed by atoms with E-state index in [-0.39, 0.29) is 24.0 Å². The molecule has 0 radical (unpaired) electrons. The summed E-state index contributed by atoms with van der Waals surface area (Å²) in [4.78, 5) is 4.63. The first kappa shape index (κ1) is 19.4. The second-order valence-electron chi connectivity index (χ2n) is 5.06. The van der Waals surface area contributed by atoms with Gasteiger partial charge in [0, 0.05) is 19.3 Å². The Bertz CT molecular complexity index is 585. The van der Waals surface area contributed by atoms with Crippen molar-refractivity contribution >= 4 is 35.6 Å². The second-order valence-corrected chi connectivity index (χ2v) is 5.06. The first-order valence-electron chi connectivity index (χ1n) is 7.43. The lowest BCUT2D eigenvalue weighted by molar-refractivity contribution is 0.204. The Hall–Kier alpha value is -1.60. The quantitative estimate of drug-likeness (QED) is 0.320. The minimum atomic E-state index is 0. The highest BCUT2D eigenvalue weighted by molar-refractivity contribution is 14.0. The normalized spacial score (nSPS) is 10.8. The number of benzene rings is 2. The lowest BCUT2D eigenvalue weighted by atomic mass is 10.1. The molecule has 0 bridgehead atoms. The van der Waals surface area contributed by atoms with Gasteiger partial charge in [0.15, 0.2) is 5.96 Å². The van der Waals surface area contributed by atoms with Crippen molar-refractivity contribution in [2.75, 3.05) is 25.6 Å². The number of rotatable bonds is 6. The van der Waals surface area contributed by atoms with Gasteiger partial charge in [0.2, 0.25) is 0 Å². The van der Waals surface area contributed by atoms with E-state index in [0.29, 0.717) is 19.7 Å². The predicted molar refractivity (Wildman–Crippen MR) is 108 cm³/mol. The highest BCUT2D eigenvalue weighted by Gasteiger charge is 2.00. The number of aryl methyl sites for hydroxylation is 1. The molecule has 0 unspecified atom stereocenters. The first-order chi connectivity index (χ1) is 10.8. The zero-order valence-electron chi connectivity index (χ0n) is 13.6. The fourth-order valence-corrected chi connectivity index (χ4v) is 1.93. The number of aliphatic imine (C=N–C) groups is 1. The number of ether oxygens (including phenoxy) is 1. The van der Waals surface area contributed by atoms with Crippen molar-refractivity contribution in [1.29, 1.82) is 0 Å². The van der Waals surface area contributed by atoms with Crippen LogP contribution in [0.1, 0.15) is 11.1 Å². The van der Waals surface area contributed by atoms with E-state index in [2.05, 4.69) is 46.8 Å². The van der Waals surface area contributed by atoms with Crippen LogP contribution in [0, 0.1) is 6.92 Å². The Morgan fingerprint density at radius 3 is 2.39 bits per heavy atom. The molecule has 0 saturated heterocycles. The van der Waals surface area contributed by atoms with Crippen LogP contribution in [0.5, 0.6) is 0 Å². The average molecular weight is 425 g/mol. The molecule has 5 heteroatoms. The summed E-state index contributed by atoms with van der Waals surface area (Å²) in [6.45, 7) is 4.07. The Labute approximate surface area is 155 Å². The summed E-state index contributed by atoms with van der Waals surface area (Å²) in [6.07, 6.45) is 0. The van der Waals surface area contributed by atoms with E-state index < -0.39 is 0 Å². The van der Waals surface area contributed by atoms with Crippen LogP contribution in [0.2, 0.25) is 0 Å². The highest BCUT2D eigenvalue weighted by atomic mass is 127. The third-order valence-electron chi connectivity index (χ3n) is 3.18. The highest BCUT2D eigenvalue weighted by Crippen LogP contribution is 2.07. The van der Waals surface area contributed by atoms with Gasteiger partial charge in [0.05, 0.1) is 13.2 Å². The molecular weight excluding hydrogens is 401 g/mol. The standard InChI is InChI=1S/C18H23N3O.HI/c1-15-8-10-16(11-9-15)14-20-18(19-12-13-22-2)21-17-6-4-3-5-7-17;/h3-11H,12-14H2,1-2H3,(H2,19,20,21);1H. The fourth-order valence-electron chi connectivity index (χ4n) is 1.93.